The average Bonchev–Trinajstić information content (AvgIpc) is 2.45. The minimum absolute atomic E-state index is 0.0249. The highest BCUT2D eigenvalue weighted by atomic mass is 16.2. The number of anilines is 1. The maximum absolute atomic E-state index is 12.2. The fraction of sp³-hybridized carbons (Fsp3) is 0.529. The molecule has 0 fully saturated rings. The van der Waals surface area contributed by atoms with Gasteiger partial charge in [0.05, 0.1) is 0 Å². The predicted octanol–water partition coefficient (Wildman–Crippen LogP) is 3.03. The molecule has 0 aliphatic rings. The number of hydrogen-bond acceptors (Lipinski definition) is 2. The van der Waals surface area contributed by atoms with Crippen molar-refractivity contribution in [3.63, 3.8) is 0 Å². The van der Waals surface area contributed by atoms with Crippen LogP contribution in [0.1, 0.15) is 46.1 Å². The van der Waals surface area contributed by atoms with E-state index in [0.717, 1.165) is 5.69 Å². The Morgan fingerprint density at radius 3 is 1.95 bits per heavy atom. The van der Waals surface area contributed by atoms with E-state index in [2.05, 4.69) is 13.8 Å². The van der Waals surface area contributed by atoms with Crippen LogP contribution in [0.3, 0.4) is 0 Å². The molecule has 0 unspecified atom stereocenters. The first-order chi connectivity index (χ1) is 9.90. The van der Waals surface area contributed by atoms with E-state index in [0.29, 0.717) is 19.0 Å². The first-order valence-electron chi connectivity index (χ1n) is 7.56. The molecular formula is C17H26N2O2. The fourth-order valence-corrected chi connectivity index (χ4v) is 2.24. The first kappa shape index (κ1) is 17.2. The molecule has 0 heterocycles. The summed E-state index contributed by atoms with van der Waals surface area (Å²) in [6, 6.07) is 7.84. The van der Waals surface area contributed by atoms with E-state index in [1.807, 2.05) is 38.1 Å². The Morgan fingerprint density at radius 2 is 1.57 bits per heavy atom. The van der Waals surface area contributed by atoms with Crippen LogP contribution in [0.15, 0.2) is 24.3 Å². The quantitative estimate of drug-likeness (QED) is 0.808. The lowest BCUT2D eigenvalue weighted by Crippen LogP contribution is -2.42. The molecule has 0 atom stereocenters. The zero-order chi connectivity index (χ0) is 16.0. The lowest BCUT2D eigenvalue weighted by atomic mass is 10.0. The topological polar surface area (TPSA) is 40.6 Å². The van der Waals surface area contributed by atoms with Crippen LogP contribution < -0.4 is 4.90 Å². The summed E-state index contributed by atoms with van der Waals surface area (Å²) in [5, 5.41) is 0. The minimum atomic E-state index is -0.118. The SMILES string of the molecule is CCN(CC)C(=O)CN(C(C)=O)c1ccc(C(C)C)cc1. The van der Waals surface area contributed by atoms with Crippen LogP contribution in [0.2, 0.25) is 0 Å². The molecule has 0 aliphatic carbocycles. The molecule has 4 nitrogen and oxygen atoms in total. The van der Waals surface area contributed by atoms with Gasteiger partial charge in [-0.25, -0.2) is 0 Å². The molecule has 2 amide bonds. The van der Waals surface area contributed by atoms with E-state index in [1.165, 1.54) is 17.4 Å². The van der Waals surface area contributed by atoms with Gasteiger partial charge in [0.25, 0.3) is 0 Å². The summed E-state index contributed by atoms with van der Waals surface area (Å²) in [7, 11) is 0. The molecule has 116 valence electrons. The molecule has 1 aromatic rings. The van der Waals surface area contributed by atoms with E-state index in [9.17, 15) is 9.59 Å². The van der Waals surface area contributed by atoms with Crippen LogP contribution in [0.4, 0.5) is 5.69 Å². The molecule has 0 spiro atoms. The van der Waals surface area contributed by atoms with Crippen LogP contribution in [0, 0.1) is 0 Å². The molecule has 0 bridgehead atoms. The van der Waals surface area contributed by atoms with Gasteiger partial charge in [0, 0.05) is 25.7 Å². The van der Waals surface area contributed by atoms with Crippen LogP contribution in [-0.4, -0.2) is 36.3 Å². The lowest BCUT2D eigenvalue weighted by molar-refractivity contribution is -0.130. The zero-order valence-electron chi connectivity index (χ0n) is 13.7. The Kier molecular flexibility index (Phi) is 6.40. The van der Waals surface area contributed by atoms with Crippen molar-refractivity contribution in [3.8, 4) is 0 Å². The first-order valence-corrected chi connectivity index (χ1v) is 7.56. The van der Waals surface area contributed by atoms with Gasteiger partial charge in [0.15, 0.2) is 0 Å². The number of benzene rings is 1. The molecule has 1 aromatic carbocycles. The molecule has 0 aromatic heterocycles. The maximum atomic E-state index is 12.2. The molecule has 0 aliphatic heterocycles. The summed E-state index contributed by atoms with van der Waals surface area (Å²) in [6.45, 7) is 11.0. The Hall–Kier alpha value is -1.84. The van der Waals surface area contributed by atoms with Crippen molar-refractivity contribution in [2.75, 3.05) is 24.5 Å². The molecule has 4 heteroatoms. The summed E-state index contributed by atoms with van der Waals surface area (Å²) < 4.78 is 0. The van der Waals surface area contributed by atoms with Gasteiger partial charge in [-0.3, -0.25) is 9.59 Å². The third-order valence-electron chi connectivity index (χ3n) is 3.66. The summed E-state index contributed by atoms with van der Waals surface area (Å²) in [5.74, 6) is 0.304. The van der Waals surface area contributed by atoms with E-state index >= 15 is 0 Å². The number of nitrogens with zero attached hydrogens (tertiary/aromatic N) is 2. The standard InChI is InChI=1S/C17H26N2O2/c1-6-18(7-2)17(21)12-19(14(5)20)16-10-8-15(9-11-16)13(3)4/h8-11,13H,6-7,12H2,1-5H3. The van der Waals surface area contributed by atoms with Gasteiger partial charge in [-0.2, -0.15) is 0 Å². The highest BCUT2D eigenvalue weighted by molar-refractivity contribution is 5.97. The number of rotatable bonds is 6. The Balaban J connectivity index is 2.92. The average molecular weight is 290 g/mol. The van der Waals surface area contributed by atoms with Crippen molar-refractivity contribution in [2.45, 2.75) is 40.5 Å². The zero-order valence-corrected chi connectivity index (χ0v) is 13.7. The second-order valence-electron chi connectivity index (χ2n) is 5.42. The molecule has 0 saturated carbocycles. The normalized spacial score (nSPS) is 10.6. The molecular weight excluding hydrogens is 264 g/mol. The number of carbonyl (C=O) groups excluding carboxylic acids is 2. The molecule has 0 saturated heterocycles. The predicted molar refractivity (Wildman–Crippen MR) is 86.5 cm³/mol. The summed E-state index contributed by atoms with van der Waals surface area (Å²) in [6.07, 6.45) is 0. The van der Waals surface area contributed by atoms with E-state index in [1.54, 1.807) is 4.90 Å². The number of likely N-dealkylation sites (N-methyl/N-ethyl adjacent to an activating group) is 1. The van der Waals surface area contributed by atoms with Gasteiger partial charge in [0.2, 0.25) is 11.8 Å². The van der Waals surface area contributed by atoms with Gasteiger partial charge >= 0.3 is 0 Å². The summed E-state index contributed by atoms with van der Waals surface area (Å²) in [4.78, 5) is 27.3. The fourth-order valence-electron chi connectivity index (χ4n) is 2.24. The van der Waals surface area contributed by atoms with Crippen molar-refractivity contribution in [1.29, 1.82) is 0 Å². The Bertz CT molecular complexity index is 476. The van der Waals surface area contributed by atoms with Crippen LogP contribution in [-0.2, 0) is 9.59 Å². The van der Waals surface area contributed by atoms with Gasteiger partial charge in [-0.15, -0.1) is 0 Å². The van der Waals surface area contributed by atoms with Crippen LogP contribution in [0.5, 0.6) is 0 Å². The summed E-state index contributed by atoms with van der Waals surface area (Å²) in [5.41, 5.74) is 1.99. The molecule has 0 radical (unpaired) electrons. The highest BCUT2D eigenvalue weighted by Crippen LogP contribution is 2.20. The lowest BCUT2D eigenvalue weighted by Gasteiger charge is -2.25. The Morgan fingerprint density at radius 1 is 1.05 bits per heavy atom. The number of carbonyl (C=O) groups is 2. The maximum Gasteiger partial charge on any atom is 0.242 e. The third kappa shape index (κ3) is 4.59. The van der Waals surface area contributed by atoms with Gasteiger partial charge in [-0.05, 0) is 37.5 Å². The number of hydrogen-bond donors (Lipinski definition) is 0. The third-order valence-corrected chi connectivity index (χ3v) is 3.66. The summed E-state index contributed by atoms with van der Waals surface area (Å²) >= 11 is 0. The van der Waals surface area contributed by atoms with E-state index < -0.39 is 0 Å². The van der Waals surface area contributed by atoms with Gasteiger partial charge < -0.3 is 9.80 Å². The second-order valence-corrected chi connectivity index (χ2v) is 5.42. The van der Waals surface area contributed by atoms with Crippen molar-refractivity contribution in [3.05, 3.63) is 29.8 Å². The molecule has 0 N–H and O–H groups in total. The number of amides is 2. The van der Waals surface area contributed by atoms with E-state index in [-0.39, 0.29) is 18.4 Å². The van der Waals surface area contributed by atoms with Crippen LogP contribution in [0.25, 0.3) is 0 Å². The Labute approximate surface area is 127 Å². The largest absolute Gasteiger partial charge is 0.342 e. The van der Waals surface area contributed by atoms with Crippen molar-refractivity contribution in [2.24, 2.45) is 0 Å². The van der Waals surface area contributed by atoms with Crippen LogP contribution >= 0.6 is 0 Å². The smallest absolute Gasteiger partial charge is 0.242 e. The minimum Gasteiger partial charge on any atom is -0.342 e. The van der Waals surface area contributed by atoms with Gasteiger partial charge in [0.1, 0.15) is 6.54 Å². The van der Waals surface area contributed by atoms with Crippen molar-refractivity contribution >= 4 is 17.5 Å². The second kappa shape index (κ2) is 7.81. The van der Waals surface area contributed by atoms with Crippen molar-refractivity contribution in [1.82, 2.24) is 4.90 Å². The van der Waals surface area contributed by atoms with Gasteiger partial charge in [-0.1, -0.05) is 26.0 Å². The highest BCUT2D eigenvalue weighted by Gasteiger charge is 2.18. The molecule has 21 heavy (non-hydrogen) atoms. The molecule has 1 rings (SSSR count). The van der Waals surface area contributed by atoms with E-state index in [4.69, 9.17) is 0 Å². The monoisotopic (exact) mass is 290 g/mol. The van der Waals surface area contributed by atoms with Crippen molar-refractivity contribution < 1.29 is 9.59 Å².